The zero-order valence-electron chi connectivity index (χ0n) is 48.4. The number of aromatic hydroxyl groups is 1. The van der Waals surface area contributed by atoms with Crippen molar-refractivity contribution in [3.63, 3.8) is 0 Å². The van der Waals surface area contributed by atoms with Gasteiger partial charge in [0.2, 0.25) is 0 Å². The second kappa shape index (κ2) is 32.2. The summed E-state index contributed by atoms with van der Waals surface area (Å²) in [7, 11) is 0. The van der Waals surface area contributed by atoms with E-state index in [0.29, 0.717) is 29.8 Å². The predicted octanol–water partition coefficient (Wildman–Crippen LogP) is 19.6. The standard InChI is InChI=1S/C22H32O2.C20H26O2.C10H14O.C9H18.C5H10.2CH3.Fe/c1-4-14(2)16-8-10-18(11-9-16)23-15(3)24-22-13-17-12-21(22)20-7-5-6-19(17)20;1-3-14-7-9-16(10-8-14)21-13(2)22-20-12-15-11-19(20)18-6-4-5-17(15)18;1-3-8(2)9-4-6-10(11)7-5-9;1-3-8(2)9-6-4-5-7-9;1-2-4-5-3-1;;;/h8-11,14-15,17,19-22H,4-7,12-13H2,1-3H3;3,7-10,13,15,17-20H,1,4-6,11-12H2,2H3;4-8,11H,3H2,1-2H3;8-9H,3-7H2,1-2H3;1-5H2;2*1H3;/q;;;;;2*-1;+2. The monoisotopic (exact) mass is 1060 g/mol. The van der Waals surface area contributed by atoms with Gasteiger partial charge in [0, 0.05) is 0 Å². The topological polar surface area (TPSA) is 57.2 Å². The molecule has 3 aromatic rings. The first-order chi connectivity index (χ1) is 34.5. The Bertz CT molecular complexity index is 1950. The molecule has 0 amide bonds. The molecule has 0 heterocycles. The maximum atomic E-state index is 9.01. The first-order valence-corrected chi connectivity index (χ1v) is 29.7. The molecule has 416 valence electrons. The summed E-state index contributed by atoms with van der Waals surface area (Å²) in [5.41, 5.74) is 3.80. The molecule has 8 saturated carbocycles. The predicted molar refractivity (Wildman–Crippen MR) is 310 cm³/mol. The summed E-state index contributed by atoms with van der Waals surface area (Å²) >= 11 is 0. The van der Waals surface area contributed by atoms with Gasteiger partial charge in [0.1, 0.15) is 17.2 Å². The molecule has 6 heteroatoms. The smallest absolute Gasteiger partial charge is 0.508 e. The van der Waals surface area contributed by atoms with Gasteiger partial charge in [-0.15, -0.1) is 0 Å². The summed E-state index contributed by atoms with van der Waals surface area (Å²) in [6.45, 7) is 21.4. The summed E-state index contributed by atoms with van der Waals surface area (Å²) < 4.78 is 24.6. The zero-order chi connectivity index (χ0) is 50.3. The maximum Gasteiger partial charge on any atom is 2.00 e. The third kappa shape index (κ3) is 17.6. The Morgan fingerprint density at radius 2 is 0.878 bits per heavy atom. The van der Waals surface area contributed by atoms with Crippen LogP contribution in [0.2, 0.25) is 0 Å². The van der Waals surface area contributed by atoms with E-state index in [1.165, 1.54) is 146 Å². The number of benzene rings is 3. The average Bonchev–Trinajstić information content (AvgIpc) is 4.25. The van der Waals surface area contributed by atoms with Crippen molar-refractivity contribution in [1.82, 2.24) is 0 Å². The summed E-state index contributed by atoms with van der Waals surface area (Å²) in [4.78, 5) is 0. The average molecular weight is 1060 g/mol. The van der Waals surface area contributed by atoms with Crippen LogP contribution in [0.3, 0.4) is 0 Å². The Labute approximate surface area is 465 Å². The van der Waals surface area contributed by atoms with E-state index >= 15 is 0 Å². The largest absolute Gasteiger partial charge is 2.00 e. The van der Waals surface area contributed by atoms with Gasteiger partial charge in [0.05, 0.1) is 12.2 Å². The minimum Gasteiger partial charge on any atom is -0.508 e. The minimum atomic E-state index is -0.168. The van der Waals surface area contributed by atoms with Crippen LogP contribution in [0.15, 0.2) is 79.4 Å². The first kappa shape index (κ1) is 63.8. The summed E-state index contributed by atoms with van der Waals surface area (Å²) in [5, 5.41) is 9.01. The molecule has 0 spiro atoms. The molecule has 3 aromatic carbocycles. The summed E-state index contributed by atoms with van der Waals surface area (Å²) in [6.07, 6.45) is 33.7. The molecule has 4 bridgehead atoms. The van der Waals surface area contributed by atoms with Crippen LogP contribution in [-0.4, -0.2) is 29.9 Å². The van der Waals surface area contributed by atoms with E-state index in [0.717, 1.165) is 82.7 Å². The van der Waals surface area contributed by atoms with Crippen LogP contribution in [0, 0.1) is 74.0 Å². The van der Waals surface area contributed by atoms with Gasteiger partial charge in [-0.2, -0.15) is 0 Å². The molecular formula is C68H106FeO5. The number of rotatable bonds is 15. The molecule has 8 fully saturated rings. The van der Waals surface area contributed by atoms with Crippen LogP contribution in [0.4, 0.5) is 0 Å². The molecule has 8 aliphatic carbocycles. The van der Waals surface area contributed by atoms with Gasteiger partial charge in [-0.25, -0.2) is 0 Å². The summed E-state index contributed by atoms with van der Waals surface area (Å²) in [5.74, 6) is 12.8. The Morgan fingerprint density at radius 1 is 0.486 bits per heavy atom. The third-order valence-corrected chi connectivity index (χ3v) is 19.4. The Balaban J connectivity index is 0.000000217. The zero-order valence-corrected chi connectivity index (χ0v) is 49.5. The van der Waals surface area contributed by atoms with Crippen LogP contribution in [0.5, 0.6) is 17.2 Å². The van der Waals surface area contributed by atoms with E-state index in [2.05, 4.69) is 79.3 Å². The van der Waals surface area contributed by atoms with Gasteiger partial charge >= 0.3 is 17.1 Å². The van der Waals surface area contributed by atoms with E-state index in [1.807, 2.05) is 49.4 Å². The number of phenols is 1. The molecule has 8 aliphatic rings. The molecular weight excluding hydrogens is 953 g/mol. The molecule has 1 N–H and O–H groups in total. The molecule has 0 aliphatic heterocycles. The van der Waals surface area contributed by atoms with Crippen molar-refractivity contribution >= 4 is 6.08 Å². The van der Waals surface area contributed by atoms with Gasteiger partial charge in [-0.1, -0.05) is 168 Å². The molecule has 5 nitrogen and oxygen atoms in total. The fourth-order valence-electron chi connectivity index (χ4n) is 14.8. The van der Waals surface area contributed by atoms with Crippen LogP contribution >= 0.6 is 0 Å². The number of ether oxygens (including phenoxy) is 4. The SMILES string of the molecule is C1CCCC1.C=Cc1ccc(OC(C)OC2CC3CC2C2CCCC32)cc1.CCC(C)C1CCCC1.CCC(C)c1ccc(O)cc1.CCC(C)c1ccc(OC(C)OC2CC3CC2C2CCCC32)cc1.[CH3-].[CH3-].[Fe+2]. The van der Waals surface area contributed by atoms with Crippen LogP contribution in [-0.2, 0) is 26.5 Å². The molecule has 74 heavy (non-hydrogen) atoms. The second-order valence-corrected chi connectivity index (χ2v) is 23.8. The van der Waals surface area contributed by atoms with Crippen molar-refractivity contribution < 1.29 is 41.1 Å². The van der Waals surface area contributed by atoms with Crippen LogP contribution in [0.1, 0.15) is 225 Å². The van der Waals surface area contributed by atoms with E-state index < -0.39 is 0 Å². The third-order valence-electron chi connectivity index (χ3n) is 19.4. The van der Waals surface area contributed by atoms with Crippen molar-refractivity contribution in [3.8, 4) is 17.2 Å². The quantitative estimate of drug-likeness (QED) is 0.0934. The fourth-order valence-corrected chi connectivity index (χ4v) is 14.8. The fraction of sp³-hybridized carbons (Fsp3) is 0.676. The van der Waals surface area contributed by atoms with Crippen molar-refractivity contribution in [2.45, 2.75) is 233 Å². The van der Waals surface area contributed by atoms with E-state index in [9.17, 15) is 0 Å². The minimum absolute atomic E-state index is 0. The summed E-state index contributed by atoms with van der Waals surface area (Å²) in [6, 6.07) is 24.0. The maximum absolute atomic E-state index is 9.01. The van der Waals surface area contributed by atoms with Crippen molar-refractivity contribution in [2.24, 2.45) is 59.2 Å². The van der Waals surface area contributed by atoms with E-state index in [1.54, 1.807) is 12.1 Å². The first-order valence-electron chi connectivity index (χ1n) is 29.7. The van der Waals surface area contributed by atoms with Gasteiger partial charge in [0.25, 0.3) is 0 Å². The number of fused-ring (bicyclic) bond motifs is 10. The van der Waals surface area contributed by atoms with Crippen molar-refractivity contribution in [3.05, 3.63) is 111 Å². The second-order valence-electron chi connectivity index (χ2n) is 23.8. The van der Waals surface area contributed by atoms with E-state index in [4.69, 9.17) is 24.1 Å². The molecule has 0 saturated heterocycles. The van der Waals surface area contributed by atoms with Crippen molar-refractivity contribution in [2.75, 3.05) is 0 Å². The number of hydrogen-bond donors (Lipinski definition) is 1. The molecule has 0 aromatic heterocycles. The normalized spacial score (nSPS) is 29.4. The van der Waals surface area contributed by atoms with Crippen LogP contribution in [0.25, 0.3) is 6.08 Å². The van der Waals surface area contributed by atoms with Gasteiger partial charge in [-0.3, -0.25) is 0 Å². The molecule has 15 unspecified atom stereocenters. The van der Waals surface area contributed by atoms with Crippen molar-refractivity contribution in [1.29, 1.82) is 0 Å². The van der Waals surface area contributed by atoms with E-state index in [-0.39, 0.29) is 44.5 Å². The number of hydrogen-bond acceptors (Lipinski definition) is 5. The van der Waals surface area contributed by atoms with Gasteiger partial charge < -0.3 is 38.9 Å². The Hall–Kier alpha value is -2.76. The molecule has 0 radical (unpaired) electrons. The number of phenolic OH excluding ortho intramolecular Hbond substituents is 1. The molecule has 11 rings (SSSR count). The van der Waals surface area contributed by atoms with Gasteiger partial charge in [0.15, 0.2) is 12.6 Å². The van der Waals surface area contributed by atoms with Gasteiger partial charge in [-0.05, 0) is 202 Å². The van der Waals surface area contributed by atoms with Crippen LogP contribution < -0.4 is 9.47 Å². The Kier molecular flexibility index (Phi) is 27.8. The Morgan fingerprint density at radius 3 is 1.27 bits per heavy atom. The molecule has 15 atom stereocenters.